The van der Waals surface area contributed by atoms with Crippen LogP contribution >= 0.6 is 0 Å². The van der Waals surface area contributed by atoms with Crippen LogP contribution in [0.15, 0.2) is 103 Å². The minimum atomic E-state index is -0.704. The van der Waals surface area contributed by atoms with Gasteiger partial charge in [0, 0.05) is 17.8 Å². The van der Waals surface area contributed by atoms with Crippen LogP contribution in [0, 0.1) is 0 Å². The van der Waals surface area contributed by atoms with E-state index in [1.54, 1.807) is 24.3 Å². The number of carbonyl (C=O) groups is 2. The van der Waals surface area contributed by atoms with Crippen LogP contribution in [0.25, 0.3) is 0 Å². The second-order valence-corrected chi connectivity index (χ2v) is 9.67. The van der Waals surface area contributed by atoms with Gasteiger partial charge in [-0.1, -0.05) is 72.8 Å². The molecule has 4 aromatic rings. The zero-order valence-electron chi connectivity index (χ0n) is 22.0. The summed E-state index contributed by atoms with van der Waals surface area (Å²) in [4.78, 5) is 25.9. The Labute approximate surface area is 229 Å². The van der Waals surface area contributed by atoms with E-state index in [4.69, 9.17) is 5.73 Å². The highest BCUT2D eigenvalue weighted by Crippen LogP contribution is 2.22. The van der Waals surface area contributed by atoms with Gasteiger partial charge in [-0.2, -0.15) is 0 Å². The molecular weight excluding hydrogens is 486 g/mol. The Bertz CT molecular complexity index is 1360. The lowest BCUT2D eigenvalue weighted by molar-refractivity contribution is -0.117. The van der Waals surface area contributed by atoms with Gasteiger partial charge in [0.25, 0.3) is 5.91 Å². The van der Waals surface area contributed by atoms with Gasteiger partial charge in [0.2, 0.25) is 5.91 Å². The van der Waals surface area contributed by atoms with Crippen LogP contribution in [0.2, 0.25) is 0 Å². The Kier molecular flexibility index (Phi) is 9.86. The maximum absolute atomic E-state index is 12.9. The second kappa shape index (κ2) is 13.9. The molecular formula is C33H35N3O3. The van der Waals surface area contributed by atoms with Gasteiger partial charge in [-0.15, -0.1) is 0 Å². The number of aryl methyl sites for hydroxylation is 3. The molecule has 0 fully saturated rings. The molecule has 0 radical (unpaired) electrons. The van der Waals surface area contributed by atoms with Gasteiger partial charge in [0.05, 0.1) is 6.04 Å². The Hall–Kier alpha value is -4.42. The molecule has 39 heavy (non-hydrogen) atoms. The molecule has 200 valence electrons. The molecule has 0 unspecified atom stereocenters. The van der Waals surface area contributed by atoms with Gasteiger partial charge in [0.1, 0.15) is 5.75 Å². The first-order chi connectivity index (χ1) is 19.0. The third-order valence-electron chi connectivity index (χ3n) is 6.65. The average molecular weight is 522 g/mol. The van der Waals surface area contributed by atoms with Crippen LogP contribution in [-0.4, -0.2) is 29.5 Å². The zero-order chi connectivity index (χ0) is 27.5. The summed E-state index contributed by atoms with van der Waals surface area (Å²) in [5.74, 6) is -0.208. The largest absolute Gasteiger partial charge is 0.508 e. The fourth-order valence-corrected chi connectivity index (χ4v) is 4.43. The molecule has 6 heteroatoms. The molecule has 0 saturated heterocycles. The number of hydrogen-bond acceptors (Lipinski definition) is 4. The number of rotatable bonds is 12. The van der Waals surface area contributed by atoms with Crippen molar-refractivity contribution in [1.29, 1.82) is 0 Å². The van der Waals surface area contributed by atoms with E-state index in [2.05, 4.69) is 22.8 Å². The SMILES string of the molecule is N[C@@H](Cc1ccccc1)C(=O)Nc1ccc(C(=O)NCCCc2ccccc2)cc1CCc1ccc(O)cc1. The van der Waals surface area contributed by atoms with Crippen LogP contribution in [-0.2, 0) is 30.5 Å². The highest BCUT2D eigenvalue weighted by Gasteiger charge is 2.17. The molecule has 0 bridgehead atoms. The van der Waals surface area contributed by atoms with Gasteiger partial charge in [-0.3, -0.25) is 9.59 Å². The Morgan fingerprint density at radius 1 is 0.744 bits per heavy atom. The fourth-order valence-electron chi connectivity index (χ4n) is 4.43. The predicted molar refractivity (Wildman–Crippen MR) is 156 cm³/mol. The summed E-state index contributed by atoms with van der Waals surface area (Å²) in [7, 11) is 0. The first-order valence-corrected chi connectivity index (χ1v) is 13.3. The maximum Gasteiger partial charge on any atom is 0.251 e. The number of nitrogens with one attached hydrogen (secondary N) is 2. The lowest BCUT2D eigenvalue weighted by atomic mass is 9.99. The highest BCUT2D eigenvalue weighted by molar-refractivity contribution is 5.98. The van der Waals surface area contributed by atoms with Gasteiger partial charge < -0.3 is 21.5 Å². The molecule has 0 aliphatic carbocycles. The van der Waals surface area contributed by atoms with E-state index in [9.17, 15) is 14.7 Å². The van der Waals surface area contributed by atoms with E-state index >= 15 is 0 Å². The number of anilines is 1. The van der Waals surface area contributed by atoms with E-state index < -0.39 is 6.04 Å². The van der Waals surface area contributed by atoms with E-state index in [1.807, 2.05) is 66.7 Å². The van der Waals surface area contributed by atoms with E-state index in [1.165, 1.54) is 5.56 Å². The van der Waals surface area contributed by atoms with Crippen LogP contribution in [0.5, 0.6) is 5.75 Å². The molecule has 5 N–H and O–H groups in total. The van der Waals surface area contributed by atoms with Gasteiger partial charge in [-0.25, -0.2) is 0 Å². The summed E-state index contributed by atoms with van der Waals surface area (Å²) in [6, 6.07) is 31.5. The van der Waals surface area contributed by atoms with Crippen molar-refractivity contribution in [2.45, 2.75) is 38.1 Å². The Morgan fingerprint density at radius 3 is 2.08 bits per heavy atom. The maximum atomic E-state index is 12.9. The third kappa shape index (κ3) is 8.55. The summed E-state index contributed by atoms with van der Waals surface area (Å²) < 4.78 is 0. The summed E-state index contributed by atoms with van der Waals surface area (Å²) in [6.07, 6.45) is 3.45. The smallest absolute Gasteiger partial charge is 0.251 e. The van der Waals surface area contributed by atoms with Crippen molar-refractivity contribution in [1.82, 2.24) is 5.32 Å². The summed E-state index contributed by atoms with van der Waals surface area (Å²) in [5.41, 5.74) is 11.5. The number of benzene rings is 4. The van der Waals surface area contributed by atoms with Crippen molar-refractivity contribution in [3.8, 4) is 5.75 Å². The number of phenolic OH excluding ortho intramolecular Hbond substituents is 1. The van der Waals surface area contributed by atoms with Crippen molar-refractivity contribution >= 4 is 17.5 Å². The normalized spacial score (nSPS) is 11.5. The minimum Gasteiger partial charge on any atom is -0.508 e. The fraction of sp³-hybridized carbons (Fsp3) is 0.212. The van der Waals surface area contributed by atoms with Crippen molar-refractivity contribution in [2.75, 3.05) is 11.9 Å². The first-order valence-electron chi connectivity index (χ1n) is 13.3. The summed E-state index contributed by atoms with van der Waals surface area (Å²) in [6.45, 7) is 0.573. The number of carbonyl (C=O) groups excluding carboxylic acids is 2. The molecule has 0 aliphatic heterocycles. The molecule has 4 rings (SSSR count). The van der Waals surface area contributed by atoms with E-state index in [-0.39, 0.29) is 17.6 Å². The van der Waals surface area contributed by atoms with Crippen molar-refractivity contribution < 1.29 is 14.7 Å². The molecule has 0 heterocycles. The predicted octanol–water partition coefficient (Wildman–Crippen LogP) is 5.05. The van der Waals surface area contributed by atoms with Crippen LogP contribution in [0.1, 0.15) is 39.0 Å². The standard InChI is InChI=1S/C33H35N3O3/c34-30(22-26-10-5-2-6-11-26)33(39)36-31-20-17-28(23-27(31)16-13-25-14-18-29(37)19-15-25)32(38)35-21-7-12-24-8-3-1-4-9-24/h1-6,8-11,14-15,17-20,23,30,37H,7,12-13,16,21-22,34H2,(H,35,38)(H,36,39)/t30-/m0/s1. The average Bonchev–Trinajstić information content (AvgIpc) is 2.96. The molecule has 4 aromatic carbocycles. The van der Waals surface area contributed by atoms with Gasteiger partial charge in [0.15, 0.2) is 0 Å². The third-order valence-corrected chi connectivity index (χ3v) is 6.65. The van der Waals surface area contributed by atoms with E-state index in [0.717, 1.165) is 29.5 Å². The molecule has 0 aromatic heterocycles. The van der Waals surface area contributed by atoms with Gasteiger partial charge >= 0.3 is 0 Å². The van der Waals surface area contributed by atoms with E-state index in [0.29, 0.717) is 37.1 Å². The summed E-state index contributed by atoms with van der Waals surface area (Å²) >= 11 is 0. The molecule has 0 saturated carbocycles. The summed E-state index contributed by atoms with van der Waals surface area (Å²) in [5, 5.41) is 15.6. The number of aromatic hydroxyl groups is 1. The molecule has 0 aliphatic rings. The second-order valence-electron chi connectivity index (χ2n) is 9.67. The van der Waals surface area contributed by atoms with Crippen LogP contribution in [0.4, 0.5) is 5.69 Å². The lowest BCUT2D eigenvalue weighted by Gasteiger charge is -2.16. The number of amides is 2. The number of phenols is 1. The zero-order valence-corrected chi connectivity index (χ0v) is 22.0. The monoisotopic (exact) mass is 521 g/mol. The molecule has 0 spiro atoms. The van der Waals surface area contributed by atoms with Crippen molar-refractivity contribution in [2.24, 2.45) is 5.73 Å². The Morgan fingerprint density at radius 2 is 1.38 bits per heavy atom. The van der Waals surface area contributed by atoms with Crippen LogP contribution in [0.3, 0.4) is 0 Å². The van der Waals surface area contributed by atoms with Gasteiger partial charge in [-0.05, 0) is 84.7 Å². The Balaban J connectivity index is 1.43. The minimum absolute atomic E-state index is 0.146. The van der Waals surface area contributed by atoms with Crippen molar-refractivity contribution in [3.63, 3.8) is 0 Å². The lowest BCUT2D eigenvalue weighted by Crippen LogP contribution is -2.37. The highest BCUT2D eigenvalue weighted by atomic mass is 16.3. The topological polar surface area (TPSA) is 104 Å². The molecule has 6 nitrogen and oxygen atoms in total. The van der Waals surface area contributed by atoms with Crippen LogP contribution < -0.4 is 16.4 Å². The molecule has 2 amide bonds. The van der Waals surface area contributed by atoms with Crippen molar-refractivity contribution in [3.05, 3.63) is 131 Å². The number of hydrogen-bond donors (Lipinski definition) is 4. The number of nitrogens with two attached hydrogens (primary N) is 1. The molecule has 1 atom stereocenters. The quantitative estimate of drug-likeness (QED) is 0.196. The first kappa shape index (κ1) is 27.6.